The molecule has 0 saturated carbocycles. The van der Waals surface area contributed by atoms with E-state index in [2.05, 4.69) is 5.32 Å². The number of hydrogen-bond donors (Lipinski definition) is 2. The monoisotopic (exact) mass is 292 g/mol. The lowest BCUT2D eigenvalue weighted by Crippen LogP contribution is -2.54. The van der Waals surface area contributed by atoms with Crippen LogP contribution in [0.5, 0.6) is 0 Å². The van der Waals surface area contributed by atoms with Gasteiger partial charge in [-0.25, -0.2) is 9.59 Å². The van der Waals surface area contributed by atoms with Crippen LogP contribution in [0.15, 0.2) is 30.3 Å². The number of carbonyl (C=O) groups excluding carboxylic acids is 1. The smallest absolute Gasteiger partial charge is 0.330 e. The van der Waals surface area contributed by atoms with E-state index in [0.29, 0.717) is 25.3 Å². The summed E-state index contributed by atoms with van der Waals surface area (Å²) >= 11 is 0. The molecule has 21 heavy (non-hydrogen) atoms. The molecule has 1 aliphatic rings. The molecule has 2 rings (SSSR count). The van der Waals surface area contributed by atoms with Gasteiger partial charge in [-0.1, -0.05) is 30.3 Å². The van der Waals surface area contributed by atoms with E-state index in [1.165, 1.54) is 0 Å². The number of carbonyl (C=O) groups is 2. The van der Waals surface area contributed by atoms with Gasteiger partial charge in [0.1, 0.15) is 0 Å². The van der Waals surface area contributed by atoms with Gasteiger partial charge in [-0.2, -0.15) is 0 Å². The first kappa shape index (κ1) is 15.3. The van der Waals surface area contributed by atoms with Gasteiger partial charge < -0.3 is 20.1 Å². The molecular weight excluding hydrogens is 272 g/mol. The number of nitrogens with one attached hydrogen (secondary N) is 1. The van der Waals surface area contributed by atoms with Gasteiger partial charge >= 0.3 is 12.0 Å². The standard InChI is InChI=1S/C15H20N2O4/c1-15(2)10-17(8-9-21-15)14(20)16-12(13(18)19)11-6-4-3-5-7-11/h3-7,12H,8-10H2,1-2H3,(H,16,20)(H,18,19)/t12-/m0/s1. The minimum absolute atomic E-state index is 0.386. The minimum Gasteiger partial charge on any atom is -0.479 e. The second kappa shape index (κ2) is 6.13. The van der Waals surface area contributed by atoms with Gasteiger partial charge in [-0.15, -0.1) is 0 Å². The number of ether oxygens (including phenoxy) is 1. The van der Waals surface area contributed by atoms with Crippen LogP contribution >= 0.6 is 0 Å². The molecule has 114 valence electrons. The number of carboxylic acid groups (broad SMARTS) is 1. The Hall–Kier alpha value is -2.08. The SMILES string of the molecule is CC1(C)CN(C(=O)N[C@H](C(=O)O)c2ccccc2)CCO1. The molecular formula is C15H20N2O4. The highest BCUT2D eigenvalue weighted by molar-refractivity contribution is 5.83. The van der Waals surface area contributed by atoms with Crippen LogP contribution in [0.4, 0.5) is 4.79 Å². The maximum Gasteiger partial charge on any atom is 0.330 e. The van der Waals surface area contributed by atoms with Crippen molar-refractivity contribution in [3.63, 3.8) is 0 Å². The molecule has 1 heterocycles. The Morgan fingerprint density at radius 2 is 2.00 bits per heavy atom. The fourth-order valence-electron chi connectivity index (χ4n) is 2.34. The van der Waals surface area contributed by atoms with E-state index in [1.807, 2.05) is 13.8 Å². The average molecular weight is 292 g/mol. The van der Waals surface area contributed by atoms with E-state index in [0.717, 1.165) is 0 Å². The second-order valence-electron chi connectivity index (χ2n) is 5.66. The fraction of sp³-hybridized carbons (Fsp3) is 0.467. The molecule has 0 bridgehead atoms. The van der Waals surface area contributed by atoms with E-state index in [-0.39, 0.29) is 6.03 Å². The zero-order valence-corrected chi connectivity index (χ0v) is 12.2. The first-order valence-electron chi connectivity index (χ1n) is 6.86. The second-order valence-corrected chi connectivity index (χ2v) is 5.66. The zero-order valence-electron chi connectivity index (χ0n) is 12.2. The van der Waals surface area contributed by atoms with Crippen LogP contribution in [0.3, 0.4) is 0 Å². The summed E-state index contributed by atoms with van der Waals surface area (Å²) in [5.41, 5.74) is 0.131. The molecule has 2 amide bonds. The van der Waals surface area contributed by atoms with E-state index in [1.54, 1.807) is 35.2 Å². The van der Waals surface area contributed by atoms with Crippen LogP contribution in [0, 0.1) is 0 Å². The van der Waals surface area contributed by atoms with Gasteiger partial charge in [0, 0.05) is 6.54 Å². The summed E-state index contributed by atoms with van der Waals surface area (Å²) in [5.74, 6) is -1.08. The van der Waals surface area contributed by atoms with Crippen molar-refractivity contribution in [1.29, 1.82) is 0 Å². The van der Waals surface area contributed by atoms with Crippen molar-refractivity contribution in [2.24, 2.45) is 0 Å². The molecule has 1 aromatic rings. The van der Waals surface area contributed by atoms with Crippen LogP contribution in [-0.4, -0.2) is 47.3 Å². The van der Waals surface area contributed by atoms with Gasteiger partial charge in [-0.05, 0) is 19.4 Å². The Morgan fingerprint density at radius 3 is 2.57 bits per heavy atom. The Bertz CT molecular complexity index is 516. The van der Waals surface area contributed by atoms with Gasteiger partial charge in [0.15, 0.2) is 6.04 Å². The molecule has 0 spiro atoms. The summed E-state index contributed by atoms with van der Waals surface area (Å²) in [6.07, 6.45) is 0. The Labute approximate surface area is 123 Å². The summed E-state index contributed by atoms with van der Waals surface area (Å²) in [7, 11) is 0. The predicted molar refractivity (Wildman–Crippen MR) is 77.0 cm³/mol. The molecule has 0 radical (unpaired) electrons. The van der Waals surface area contributed by atoms with Crippen molar-refractivity contribution in [1.82, 2.24) is 10.2 Å². The van der Waals surface area contributed by atoms with Crippen molar-refractivity contribution in [3.8, 4) is 0 Å². The van der Waals surface area contributed by atoms with Crippen LogP contribution in [-0.2, 0) is 9.53 Å². The number of hydrogen-bond acceptors (Lipinski definition) is 3. The summed E-state index contributed by atoms with van der Waals surface area (Å²) in [6, 6.07) is 7.22. The molecule has 6 heteroatoms. The van der Waals surface area contributed by atoms with Gasteiger partial charge in [0.05, 0.1) is 18.8 Å². The minimum atomic E-state index is -1.08. The third kappa shape index (κ3) is 3.95. The van der Waals surface area contributed by atoms with Crippen LogP contribution < -0.4 is 5.32 Å². The van der Waals surface area contributed by atoms with E-state index in [4.69, 9.17) is 4.74 Å². The summed E-state index contributed by atoms with van der Waals surface area (Å²) < 4.78 is 5.54. The van der Waals surface area contributed by atoms with Crippen molar-refractivity contribution >= 4 is 12.0 Å². The topological polar surface area (TPSA) is 78.9 Å². The van der Waals surface area contributed by atoms with Crippen LogP contribution in [0.25, 0.3) is 0 Å². The van der Waals surface area contributed by atoms with E-state index in [9.17, 15) is 14.7 Å². The first-order chi connectivity index (χ1) is 9.89. The molecule has 1 aliphatic heterocycles. The van der Waals surface area contributed by atoms with Crippen LogP contribution in [0.1, 0.15) is 25.5 Å². The highest BCUT2D eigenvalue weighted by Crippen LogP contribution is 2.18. The van der Waals surface area contributed by atoms with E-state index >= 15 is 0 Å². The Balaban J connectivity index is 2.07. The Kier molecular flexibility index (Phi) is 4.47. The van der Waals surface area contributed by atoms with Crippen molar-refractivity contribution in [2.75, 3.05) is 19.7 Å². The number of urea groups is 1. The lowest BCUT2D eigenvalue weighted by Gasteiger charge is -2.38. The number of rotatable bonds is 3. The Morgan fingerprint density at radius 1 is 1.33 bits per heavy atom. The number of aliphatic carboxylic acids is 1. The average Bonchev–Trinajstić information content (AvgIpc) is 2.44. The van der Waals surface area contributed by atoms with Gasteiger partial charge in [0.2, 0.25) is 0 Å². The van der Waals surface area contributed by atoms with Crippen LogP contribution in [0.2, 0.25) is 0 Å². The lowest BCUT2D eigenvalue weighted by atomic mass is 10.1. The highest BCUT2D eigenvalue weighted by atomic mass is 16.5. The molecule has 1 fully saturated rings. The number of carboxylic acids is 1. The molecule has 0 unspecified atom stereocenters. The summed E-state index contributed by atoms with van der Waals surface area (Å²) in [4.78, 5) is 25.2. The zero-order chi connectivity index (χ0) is 15.5. The molecule has 1 atom stereocenters. The fourth-order valence-corrected chi connectivity index (χ4v) is 2.34. The molecule has 6 nitrogen and oxygen atoms in total. The largest absolute Gasteiger partial charge is 0.479 e. The highest BCUT2D eigenvalue weighted by Gasteiger charge is 2.32. The van der Waals surface area contributed by atoms with Crippen molar-refractivity contribution in [2.45, 2.75) is 25.5 Å². The number of morpholine rings is 1. The summed E-state index contributed by atoms with van der Waals surface area (Å²) in [5, 5.41) is 11.9. The number of benzene rings is 1. The molecule has 0 aliphatic carbocycles. The molecule has 2 N–H and O–H groups in total. The molecule has 1 saturated heterocycles. The first-order valence-corrected chi connectivity index (χ1v) is 6.86. The van der Waals surface area contributed by atoms with Gasteiger partial charge in [-0.3, -0.25) is 0 Å². The predicted octanol–water partition coefficient (Wildman–Crippen LogP) is 1.63. The van der Waals surface area contributed by atoms with Crippen molar-refractivity contribution < 1.29 is 19.4 Å². The maximum absolute atomic E-state index is 12.3. The number of amides is 2. The summed E-state index contributed by atoms with van der Waals surface area (Å²) in [6.45, 7) is 5.14. The molecule has 1 aromatic carbocycles. The lowest BCUT2D eigenvalue weighted by molar-refractivity contribution is -0.139. The van der Waals surface area contributed by atoms with E-state index < -0.39 is 17.6 Å². The number of nitrogens with zero attached hydrogens (tertiary/aromatic N) is 1. The third-order valence-corrected chi connectivity index (χ3v) is 3.36. The van der Waals surface area contributed by atoms with Crippen molar-refractivity contribution in [3.05, 3.63) is 35.9 Å². The maximum atomic E-state index is 12.3. The quantitative estimate of drug-likeness (QED) is 0.887. The normalized spacial score (nSPS) is 18.9. The van der Waals surface area contributed by atoms with Gasteiger partial charge in [0.25, 0.3) is 0 Å². The third-order valence-electron chi connectivity index (χ3n) is 3.36. The molecule has 0 aromatic heterocycles.